The molecule has 1 heterocycles. The molecule has 0 N–H and O–H groups in total. The molecule has 3 nitrogen and oxygen atoms in total. The summed E-state index contributed by atoms with van der Waals surface area (Å²) in [5, 5.41) is 0. The quantitative estimate of drug-likeness (QED) is 0.689. The monoisotopic (exact) mass is 225 g/mol. The highest BCUT2D eigenvalue weighted by molar-refractivity contribution is 6.09. The Bertz CT molecular complexity index is 592. The number of anilines is 1. The summed E-state index contributed by atoms with van der Waals surface area (Å²) in [4.78, 5) is 13.9. The molecule has 1 aliphatic rings. The van der Waals surface area contributed by atoms with Gasteiger partial charge in [-0.05, 0) is 24.3 Å². The predicted molar refractivity (Wildman–Crippen MR) is 65.7 cm³/mol. The van der Waals surface area contributed by atoms with Gasteiger partial charge in [-0.25, -0.2) is 0 Å². The van der Waals surface area contributed by atoms with Crippen molar-refractivity contribution in [2.24, 2.45) is 0 Å². The molecular formula is C14H11NO2. The van der Waals surface area contributed by atoms with E-state index in [1.807, 2.05) is 42.5 Å². The second kappa shape index (κ2) is 3.63. The second-order valence-electron chi connectivity index (χ2n) is 3.93. The number of rotatable bonds is 0. The van der Waals surface area contributed by atoms with Crippen molar-refractivity contribution in [3.05, 3.63) is 54.1 Å². The zero-order valence-corrected chi connectivity index (χ0v) is 9.38. The lowest BCUT2D eigenvalue weighted by atomic mass is 10.2. The first kappa shape index (κ1) is 9.90. The maximum atomic E-state index is 12.2. The number of para-hydroxylation sites is 3. The smallest absolute Gasteiger partial charge is 0.261 e. The average Bonchev–Trinajstić information content (AvgIpc) is 2.48. The minimum absolute atomic E-state index is 0.0504. The third-order valence-electron chi connectivity index (χ3n) is 2.87. The number of benzene rings is 2. The van der Waals surface area contributed by atoms with Gasteiger partial charge in [-0.2, -0.15) is 0 Å². The molecule has 0 radical (unpaired) electrons. The van der Waals surface area contributed by atoms with E-state index in [0.29, 0.717) is 17.1 Å². The molecule has 84 valence electrons. The van der Waals surface area contributed by atoms with Gasteiger partial charge >= 0.3 is 0 Å². The summed E-state index contributed by atoms with van der Waals surface area (Å²) in [6.45, 7) is 0. The van der Waals surface area contributed by atoms with Crippen LogP contribution in [-0.2, 0) is 0 Å². The van der Waals surface area contributed by atoms with Crippen LogP contribution in [0.3, 0.4) is 0 Å². The Kier molecular flexibility index (Phi) is 2.11. The van der Waals surface area contributed by atoms with Gasteiger partial charge in [0.1, 0.15) is 5.75 Å². The number of nitrogens with zero attached hydrogens (tertiary/aromatic N) is 1. The Morgan fingerprint density at radius 2 is 1.59 bits per heavy atom. The molecule has 3 rings (SSSR count). The summed E-state index contributed by atoms with van der Waals surface area (Å²) >= 11 is 0. The maximum absolute atomic E-state index is 12.2. The molecule has 2 aromatic rings. The Morgan fingerprint density at radius 3 is 2.41 bits per heavy atom. The van der Waals surface area contributed by atoms with Crippen molar-refractivity contribution >= 4 is 11.6 Å². The van der Waals surface area contributed by atoms with Crippen molar-refractivity contribution < 1.29 is 9.53 Å². The minimum atomic E-state index is -0.0504. The third kappa shape index (κ3) is 1.47. The van der Waals surface area contributed by atoms with E-state index < -0.39 is 0 Å². The number of amides is 1. The number of hydrogen-bond acceptors (Lipinski definition) is 2. The molecule has 0 saturated heterocycles. The van der Waals surface area contributed by atoms with Crippen LogP contribution in [0.4, 0.5) is 5.69 Å². The van der Waals surface area contributed by atoms with Crippen molar-refractivity contribution in [3.8, 4) is 11.5 Å². The molecule has 2 aromatic carbocycles. The Morgan fingerprint density at radius 1 is 0.941 bits per heavy atom. The first-order chi connectivity index (χ1) is 8.27. The molecule has 17 heavy (non-hydrogen) atoms. The number of carbonyl (C=O) groups is 1. The van der Waals surface area contributed by atoms with Gasteiger partial charge in [0.05, 0.1) is 11.3 Å². The zero-order valence-electron chi connectivity index (χ0n) is 9.38. The largest absolute Gasteiger partial charge is 0.454 e. The van der Waals surface area contributed by atoms with E-state index in [1.54, 1.807) is 18.0 Å². The summed E-state index contributed by atoms with van der Waals surface area (Å²) < 4.78 is 5.78. The summed E-state index contributed by atoms with van der Waals surface area (Å²) in [5.41, 5.74) is 1.37. The highest BCUT2D eigenvalue weighted by atomic mass is 16.5. The normalized spacial score (nSPS) is 13.5. The molecule has 0 saturated carbocycles. The van der Waals surface area contributed by atoms with Crippen molar-refractivity contribution in [1.82, 2.24) is 0 Å². The van der Waals surface area contributed by atoms with Crippen LogP contribution >= 0.6 is 0 Å². The number of fused-ring (bicyclic) bond motifs is 2. The second-order valence-corrected chi connectivity index (χ2v) is 3.93. The number of carbonyl (C=O) groups excluding carboxylic acids is 1. The highest BCUT2D eigenvalue weighted by Gasteiger charge is 2.24. The Labute approximate surface area is 99.2 Å². The van der Waals surface area contributed by atoms with Crippen LogP contribution < -0.4 is 9.64 Å². The molecule has 0 spiro atoms. The van der Waals surface area contributed by atoms with Crippen LogP contribution in [0.25, 0.3) is 0 Å². The first-order valence-corrected chi connectivity index (χ1v) is 5.41. The van der Waals surface area contributed by atoms with Crippen LogP contribution in [0.2, 0.25) is 0 Å². The Hall–Kier alpha value is -2.29. The molecule has 0 bridgehead atoms. The van der Waals surface area contributed by atoms with E-state index in [9.17, 15) is 4.79 Å². The lowest BCUT2D eigenvalue weighted by Crippen LogP contribution is -2.25. The molecule has 0 aromatic heterocycles. The SMILES string of the molecule is CN1C(=O)c2ccccc2Oc2ccccc21. The highest BCUT2D eigenvalue weighted by Crippen LogP contribution is 2.37. The minimum Gasteiger partial charge on any atom is -0.454 e. The van der Waals surface area contributed by atoms with Crippen molar-refractivity contribution in [2.75, 3.05) is 11.9 Å². The molecule has 1 aliphatic heterocycles. The van der Waals surface area contributed by atoms with Gasteiger partial charge in [0.2, 0.25) is 0 Å². The van der Waals surface area contributed by atoms with Crippen molar-refractivity contribution in [3.63, 3.8) is 0 Å². The fourth-order valence-electron chi connectivity index (χ4n) is 1.96. The summed E-state index contributed by atoms with van der Waals surface area (Å²) in [7, 11) is 1.76. The predicted octanol–water partition coefficient (Wildman–Crippen LogP) is 3.07. The van der Waals surface area contributed by atoms with E-state index in [1.165, 1.54) is 0 Å². The molecule has 0 atom stereocenters. The van der Waals surface area contributed by atoms with E-state index in [0.717, 1.165) is 5.69 Å². The van der Waals surface area contributed by atoms with Crippen LogP contribution in [-0.4, -0.2) is 13.0 Å². The van der Waals surface area contributed by atoms with Gasteiger partial charge in [-0.3, -0.25) is 4.79 Å². The maximum Gasteiger partial charge on any atom is 0.261 e. The van der Waals surface area contributed by atoms with Gasteiger partial charge in [-0.15, -0.1) is 0 Å². The number of ether oxygens (including phenoxy) is 1. The fraction of sp³-hybridized carbons (Fsp3) is 0.0714. The van der Waals surface area contributed by atoms with E-state index >= 15 is 0 Å². The first-order valence-electron chi connectivity index (χ1n) is 5.41. The van der Waals surface area contributed by atoms with Crippen molar-refractivity contribution in [1.29, 1.82) is 0 Å². The van der Waals surface area contributed by atoms with Crippen LogP contribution in [0.1, 0.15) is 10.4 Å². The van der Waals surface area contributed by atoms with E-state index in [4.69, 9.17) is 4.74 Å². The van der Waals surface area contributed by atoms with Gasteiger partial charge < -0.3 is 9.64 Å². The number of hydrogen-bond donors (Lipinski definition) is 0. The van der Waals surface area contributed by atoms with Crippen LogP contribution in [0.15, 0.2) is 48.5 Å². The van der Waals surface area contributed by atoms with Crippen molar-refractivity contribution in [2.45, 2.75) is 0 Å². The molecule has 3 heteroatoms. The van der Waals surface area contributed by atoms with Gasteiger partial charge in [-0.1, -0.05) is 24.3 Å². The fourth-order valence-corrected chi connectivity index (χ4v) is 1.96. The van der Waals surface area contributed by atoms with E-state index in [2.05, 4.69) is 0 Å². The lowest BCUT2D eigenvalue weighted by Gasteiger charge is -2.15. The molecule has 1 amide bonds. The molecule has 0 aliphatic carbocycles. The Balaban J connectivity index is 2.24. The lowest BCUT2D eigenvalue weighted by molar-refractivity contribution is 0.0993. The van der Waals surface area contributed by atoms with Gasteiger partial charge in [0.25, 0.3) is 5.91 Å². The topological polar surface area (TPSA) is 29.5 Å². The standard InChI is InChI=1S/C14H11NO2/c1-15-11-7-3-5-9-13(11)17-12-8-4-2-6-10(12)14(15)16/h2-9H,1H3. The van der Waals surface area contributed by atoms with E-state index in [-0.39, 0.29) is 5.91 Å². The molecule has 0 fully saturated rings. The van der Waals surface area contributed by atoms with Crippen LogP contribution in [0, 0.1) is 0 Å². The summed E-state index contributed by atoms with van der Waals surface area (Å²) in [5.74, 6) is 1.26. The third-order valence-corrected chi connectivity index (χ3v) is 2.87. The summed E-state index contributed by atoms with van der Waals surface area (Å²) in [6, 6.07) is 14.8. The van der Waals surface area contributed by atoms with Gasteiger partial charge in [0.15, 0.2) is 5.75 Å². The summed E-state index contributed by atoms with van der Waals surface area (Å²) in [6.07, 6.45) is 0. The van der Waals surface area contributed by atoms with Gasteiger partial charge in [0, 0.05) is 7.05 Å². The molecule has 0 unspecified atom stereocenters. The van der Waals surface area contributed by atoms with Crippen LogP contribution in [0.5, 0.6) is 11.5 Å². The zero-order chi connectivity index (χ0) is 11.8. The molecular weight excluding hydrogens is 214 g/mol. The average molecular weight is 225 g/mol.